The summed E-state index contributed by atoms with van der Waals surface area (Å²) in [5.74, 6) is 0.137. The molecule has 0 aliphatic carbocycles. The van der Waals surface area contributed by atoms with Gasteiger partial charge in [-0.2, -0.15) is 0 Å². The Morgan fingerprint density at radius 3 is 2.13 bits per heavy atom. The molecule has 0 radical (unpaired) electrons. The van der Waals surface area contributed by atoms with E-state index in [1.54, 1.807) is 0 Å². The lowest BCUT2D eigenvalue weighted by molar-refractivity contribution is 0.370. The van der Waals surface area contributed by atoms with E-state index in [0.717, 1.165) is 0 Å². The van der Waals surface area contributed by atoms with Crippen molar-refractivity contribution in [3.63, 3.8) is 0 Å². The first kappa shape index (κ1) is 12.1. The molecule has 4 heteroatoms. The lowest BCUT2D eigenvalue weighted by Crippen LogP contribution is -2.00. The molecule has 2 nitrogen and oxygen atoms in total. The Balaban J connectivity index is 3.46. The van der Waals surface area contributed by atoms with Crippen molar-refractivity contribution in [2.75, 3.05) is 14.2 Å². The standard InChI is InChI=1S/C11H14ClFO2/c1-6(2)9-10(12)7(14-3)5-8(15-4)11(9)13/h5-6H,1-4H3. The highest BCUT2D eigenvalue weighted by Gasteiger charge is 2.20. The molecule has 0 aliphatic rings. The number of benzene rings is 1. The van der Waals surface area contributed by atoms with Gasteiger partial charge in [0.05, 0.1) is 19.2 Å². The van der Waals surface area contributed by atoms with Crippen molar-refractivity contribution in [3.8, 4) is 11.5 Å². The molecular formula is C11H14ClFO2. The third-order valence-electron chi connectivity index (χ3n) is 2.18. The van der Waals surface area contributed by atoms with E-state index in [2.05, 4.69) is 0 Å². The van der Waals surface area contributed by atoms with E-state index in [1.165, 1.54) is 20.3 Å². The fourth-order valence-corrected chi connectivity index (χ4v) is 1.84. The van der Waals surface area contributed by atoms with Gasteiger partial charge in [0.2, 0.25) is 0 Å². The minimum Gasteiger partial charge on any atom is -0.495 e. The molecule has 1 aromatic rings. The van der Waals surface area contributed by atoms with Crippen LogP contribution < -0.4 is 9.47 Å². The third kappa shape index (κ3) is 2.17. The zero-order chi connectivity index (χ0) is 11.6. The van der Waals surface area contributed by atoms with Crippen molar-refractivity contribution in [3.05, 3.63) is 22.5 Å². The highest BCUT2D eigenvalue weighted by Crippen LogP contribution is 2.39. The van der Waals surface area contributed by atoms with Crippen LogP contribution in [0.2, 0.25) is 5.02 Å². The highest BCUT2D eigenvalue weighted by atomic mass is 35.5. The van der Waals surface area contributed by atoms with Crippen LogP contribution in [0, 0.1) is 5.82 Å². The molecule has 84 valence electrons. The smallest absolute Gasteiger partial charge is 0.170 e. The van der Waals surface area contributed by atoms with Crippen molar-refractivity contribution in [1.82, 2.24) is 0 Å². The molecule has 0 N–H and O–H groups in total. The molecular weight excluding hydrogens is 219 g/mol. The Kier molecular flexibility index (Phi) is 3.80. The number of hydrogen-bond acceptors (Lipinski definition) is 2. The lowest BCUT2D eigenvalue weighted by Gasteiger charge is -2.15. The SMILES string of the molecule is COc1cc(OC)c(Cl)c(C(C)C)c1F. The summed E-state index contributed by atoms with van der Waals surface area (Å²) in [4.78, 5) is 0. The molecule has 1 rings (SSSR count). The van der Waals surface area contributed by atoms with Crippen LogP contribution >= 0.6 is 11.6 Å². The summed E-state index contributed by atoms with van der Waals surface area (Å²) in [5.41, 5.74) is 0.424. The van der Waals surface area contributed by atoms with Crippen LogP contribution in [0.3, 0.4) is 0 Å². The largest absolute Gasteiger partial charge is 0.495 e. The fraction of sp³-hybridized carbons (Fsp3) is 0.455. The summed E-state index contributed by atoms with van der Waals surface area (Å²) in [6.07, 6.45) is 0. The van der Waals surface area contributed by atoms with Gasteiger partial charge in [-0.1, -0.05) is 25.4 Å². The number of rotatable bonds is 3. The van der Waals surface area contributed by atoms with Crippen LogP contribution in [0.25, 0.3) is 0 Å². The second kappa shape index (κ2) is 4.71. The molecule has 0 saturated carbocycles. The van der Waals surface area contributed by atoms with E-state index >= 15 is 0 Å². The van der Waals surface area contributed by atoms with E-state index in [4.69, 9.17) is 21.1 Å². The summed E-state index contributed by atoms with van der Waals surface area (Å²) in [7, 11) is 2.90. The Labute approximate surface area is 94.0 Å². The van der Waals surface area contributed by atoms with E-state index < -0.39 is 5.82 Å². The minimum atomic E-state index is -0.418. The Morgan fingerprint density at radius 2 is 1.73 bits per heavy atom. The van der Waals surface area contributed by atoms with Gasteiger partial charge in [-0.05, 0) is 5.92 Å². The van der Waals surface area contributed by atoms with Crippen LogP contribution in [0.1, 0.15) is 25.3 Å². The average molecular weight is 233 g/mol. The predicted octanol–water partition coefficient (Wildman–Crippen LogP) is 3.62. The van der Waals surface area contributed by atoms with E-state index in [1.807, 2.05) is 13.8 Å². The summed E-state index contributed by atoms with van der Waals surface area (Å²) in [5, 5.41) is 0.311. The summed E-state index contributed by atoms with van der Waals surface area (Å²) >= 11 is 6.02. The van der Waals surface area contributed by atoms with Crippen molar-refractivity contribution >= 4 is 11.6 Å². The van der Waals surface area contributed by atoms with Gasteiger partial charge in [0.25, 0.3) is 0 Å². The van der Waals surface area contributed by atoms with Crippen LogP contribution in [-0.2, 0) is 0 Å². The van der Waals surface area contributed by atoms with Gasteiger partial charge in [0, 0.05) is 11.6 Å². The van der Waals surface area contributed by atoms with E-state index in [-0.39, 0.29) is 11.7 Å². The molecule has 0 aromatic heterocycles. The second-order valence-electron chi connectivity index (χ2n) is 3.48. The fourth-order valence-electron chi connectivity index (χ4n) is 1.41. The van der Waals surface area contributed by atoms with Crippen LogP contribution in [0.4, 0.5) is 4.39 Å². The van der Waals surface area contributed by atoms with Gasteiger partial charge in [0.15, 0.2) is 11.6 Å². The Hall–Kier alpha value is -0.960. The van der Waals surface area contributed by atoms with Gasteiger partial charge in [-0.15, -0.1) is 0 Å². The van der Waals surface area contributed by atoms with Crippen molar-refractivity contribution in [2.24, 2.45) is 0 Å². The zero-order valence-electron chi connectivity index (χ0n) is 9.23. The summed E-state index contributed by atoms with van der Waals surface area (Å²) in [6.45, 7) is 3.73. The molecule has 0 fully saturated rings. The normalized spacial score (nSPS) is 10.6. The summed E-state index contributed by atoms with van der Waals surface area (Å²) < 4.78 is 23.8. The zero-order valence-corrected chi connectivity index (χ0v) is 9.98. The molecule has 0 aliphatic heterocycles. The number of ether oxygens (including phenoxy) is 2. The first-order valence-electron chi connectivity index (χ1n) is 4.62. The molecule has 0 spiro atoms. The van der Waals surface area contributed by atoms with Crippen LogP contribution in [0.15, 0.2) is 6.07 Å². The molecule has 0 atom stereocenters. The van der Waals surface area contributed by atoms with Crippen LogP contribution in [0.5, 0.6) is 11.5 Å². The van der Waals surface area contributed by atoms with Crippen LogP contribution in [-0.4, -0.2) is 14.2 Å². The van der Waals surface area contributed by atoms with E-state index in [0.29, 0.717) is 16.3 Å². The molecule has 0 unspecified atom stereocenters. The van der Waals surface area contributed by atoms with Gasteiger partial charge in [-0.3, -0.25) is 0 Å². The maximum absolute atomic E-state index is 13.8. The van der Waals surface area contributed by atoms with Crippen molar-refractivity contribution in [2.45, 2.75) is 19.8 Å². The highest BCUT2D eigenvalue weighted by molar-refractivity contribution is 6.33. The maximum Gasteiger partial charge on any atom is 0.170 e. The lowest BCUT2D eigenvalue weighted by atomic mass is 10.0. The predicted molar refractivity (Wildman–Crippen MR) is 58.6 cm³/mol. The summed E-state index contributed by atoms with van der Waals surface area (Å²) in [6, 6.07) is 1.45. The Morgan fingerprint density at radius 1 is 1.20 bits per heavy atom. The molecule has 0 heterocycles. The van der Waals surface area contributed by atoms with E-state index in [9.17, 15) is 4.39 Å². The third-order valence-corrected chi connectivity index (χ3v) is 2.57. The molecule has 0 saturated heterocycles. The Bertz CT molecular complexity index is 336. The van der Waals surface area contributed by atoms with Gasteiger partial charge >= 0.3 is 0 Å². The maximum atomic E-state index is 13.8. The number of hydrogen-bond donors (Lipinski definition) is 0. The quantitative estimate of drug-likeness (QED) is 0.793. The van der Waals surface area contributed by atoms with Crippen molar-refractivity contribution < 1.29 is 13.9 Å². The second-order valence-corrected chi connectivity index (χ2v) is 3.86. The molecule has 0 bridgehead atoms. The van der Waals surface area contributed by atoms with Gasteiger partial charge < -0.3 is 9.47 Å². The minimum absolute atomic E-state index is 0.0264. The monoisotopic (exact) mass is 232 g/mol. The average Bonchev–Trinajstić information content (AvgIpc) is 2.18. The first-order valence-corrected chi connectivity index (χ1v) is 5.00. The number of halogens is 2. The first-order chi connectivity index (χ1) is 7.02. The van der Waals surface area contributed by atoms with Gasteiger partial charge in [-0.25, -0.2) is 4.39 Å². The molecule has 15 heavy (non-hydrogen) atoms. The molecule has 1 aromatic carbocycles. The van der Waals surface area contributed by atoms with Crippen molar-refractivity contribution in [1.29, 1.82) is 0 Å². The number of methoxy groups -OCH3 is 2. The molecule has 0 amide bonds. The topological polar surface area (TPSA) is 18.5 Å². The van der Waals surface area contributed by atoms with Gasteiger partial charge in [0.1, 0.15) is 5.75 Å².